The number of rotatable bonds is 5. The van der Waals surface area contributed by atoms with E-state index in [2.05, 4.69) is 33.4 Å². The van der Waals surface area contributed by atoms with E-state index in [0.717, 1.165) is 29.4 Å². The summed E-state index contributed by atoms with van der Waals surface area (Å²) in [6.45, 7) is 2.01. The Morgan fingerprint density at radius 3 is 2.88 bits per heavy atom. The molecule has 26 heavy (non-hydrogen) atoms. The van der Waals surface area contributed by atoms with Crippen molar-refractivity contribution < 1.29 is 4.79 Å². The maximum atomic E-state index is 11.8. The van der Waals surface area contributed by atoms with Crippen LogP contribution >= 0.6 is 22.7 Å². The number of hydrogen-bond donors (Lipinski definition) is 1. The van der Waals surface area contributed by atoms with Crippen molar-refractivity contribution in [3.05, 3.63) is 63.3 Å². The van der Waals surface area contributed by atoms with Crippen LogP contribution in [0.2, 0.25) is 0 Å². The van der Waals surface area contributed by atoms with Gasteiger partial charge in [-0.3, -0.25) is 9.69 Å². The summed E-state index contributed by atoms with van der Waals surface area (Å²) >= 11 is 3.38. The van der Waals surface area contributed by atoms with Crippen molar-refractivity contribution in [2.24, 2.45) is 0 Å². The summed E-state index contributed by atoms with van der Waals surface area (Å²) in [4.78, 5) is 22.3. The lowest BCUT2D eigenvalue weighted by molar-refractivity contribution is 0.0967. The summed E-state index contributed by atoms with van der Waals surface area (Å²) in [5.41, 5.74) is 1.18. The largest absolute Gasteiger partial charge is 0.354 e. The predicted octanol–water partition coefficient (Wildman–Crippen LogP) is 4.57. The van der Waals surface area contributed by atoms with Gasteiger partial charge < -0.3 is 5.32 Å². The minimum absolute atomic E-state index is 0.000701. The van der Waals surface area contributed by atoms with E-state index in [4.69, 9.17) is 0 Å². The van der Waals surface area contributed by atoms with Gasteiger partial charge in [0.05, 0.1) is 4.88 Å². The quantitative estimate of drug-likeness (QED) is 0.702. The highest BCUT2D eigenvalue weighted by atomic mass is 32.1. The van der Waals surface area contributed by atoms with Crippen LogP contribution in [-0.4, -0.2) is 29.4 Å². The van der Waals surface area contributed by atoms with Gasteiger partial charge in [-0.2, -0.15) is 0 Å². The third-order valence-electron chi connectivity index (χ3n) is 4.70. The van der Waals surface area contributed by atoms with E-state index in [-0.39, 0.29) is 5.91 Å². The summed E-state index contributed by atoms with van der Waals surface area (Å²) in [7, 11) is 1.68. The van der Waals surface area contributed by atoms with Crippen molar-refractivity contribution in [3.63, 3.8) is 0 Å². The molecular weight excluding hydrogens is 362 g/mol. The van der Waals surface area contributed by atoms with Crippen LogP contribution in [0, 0.1) is 0 Å². The highest BCUT2D eigenvalue weighted by Crippen LogP contribution is 2.37. The maximum Gasteiger partial charge on any atom is 0.261 e. The van der Waals surface area contributed by atoms with Crippen LogP contribution in [0.1, 0.15) is 38.3 Å². The molecule has 1 amide bonds. The molecule has 1 aliphatic rings. The Balaban J connectivity index is 1.48. The fourth-order valence-electron chi connectivity index (χ4n) is 3.41. The molecule has 0 unspecified atom stereocenters. The van der Waals surface area contributed by atoms with Gasteiger partial charge in [-0.15, -0.1) is 22.7 Å². The normalized spacial score (nSPS) is 17.5. The first-order valence-corrected chi connectivity index (χ1v) is 10.4. The van der Waals surface area contributed by atoms with Gasteiger partial charge in [0.2, 0.25) is 0 Å². The van der Waals surface area contributed by atoms with Crippen LogP contribution in [0.5, 0.6) is 0 Å². The number of hydrogen-bond acceptors (Lipinski definition) is 5. The first-order valence-electron chi connectivity index (χ1n) is 8.80. The second kappa shape index (κ2) is 7.70. The number of carbonyl (C=O) groups is 1. The molecule has 6 heteroatoms. The lowest BCUT2D eigenvalue weighted by atomic mass is 10.2. The lowest BCUT2D eigenvalue weighted by Crippen LogP contribution is -2.21. The van der Waals surface area contributed by atoms with Crippen LogP contribution < -0.4 is 5.32 Å². The molecule has 1 saturated heterocycles. The number of amides is 1. The number of carbonyl (C=O) groups excluding carboxylic acids is 1. The smallest absolute Gasteiger partial charge is 0.261 e. The highest BCUT2D eigenvalue weighted by molar-refractivity contribution is 7.15. The molecule has 1 aromatic carbocycles. The Kier molecular flexibility index (Phi) is 5.15. The van der Waals surface area contributed by atoms with E-state index in [1.807, 2.05) is 30.5 Å². The fourth-order valence-corrected chi connectivity index (χ4v) is 5.48. The summed E-state index contributed by atoms with van der Waals surface area (Å²) < 4.78 is 0. The first-order chi connectivity index (χ1) is 12.7. The van der Waals surface area contributed by atoms with E-state index >= 15 is 0 Å². The first kappa shape index (κ1) is 17.4. The Bertz CT molecular complexity index is 887. The number of thiazole rings is 1. The number of benzene rings is 1. The van der Waals surface area contributed by atoms with Gasteiger partial charge in [0.25, 0.3) is 5.91 Å². The van der Waals surface area contributed by atoms with Gasteiger partial charge in [-0.25, -0.2) is 4.98 Å². The minimum Gasteiger partial charge on any atom is -0.354 e. The molecule has 4 nitrogen and oxygen atoms in total. The molecule has 0 bridgehead atoms. The van der Waals surface area contributed by atoms with Crippen molar-refractivity contribution in [3.8, 4) is 10.6 Å². The van der Waals surface area contributed by atoms with E-state index in [1.165, 1.54) is 21.7 Å². The highest BCUT2D eigenvalue weighted by Gasteiger charge is 2.28. The third kappa shape index (κ3) is 3.58. The molecule has 1 atom stereocenters. The van der Waals surface area contributed by atoms with E-state index in [0.29, 0.717) is 6.04 Å². The number of nitrogens with zero attached hydrogens (tertiary/aromatic N) is 2. The van der Waals surface area contributed by atoms with Crippen LogP contribution in [0.3, 0.4) is 0 Å². The lowest BCUT2D eigenvalue weighted by Gasteiger charge is -2.22. The van der Waals surface area contributed by atoms with Crippen molar-refractivity contribution in [2.45, 2.75) is 25.4 Å². The zero-order chi connectivity index (χ0) is 17.9. The molecule has 3 heterocycles. The van der Waals surface area contributed by atoms with Gasteiger partial charge in [0, 0.05) is 41.1 Å². The van der Waals surface area contributed by atoms with Crippen LogP contribution in [-0.2, 0) is 6.54 Å². The molecule has 0 aliphatic carbocycles. The topological polar surface area (TPSA) is 45.2 Å². The van der Waals surface area contributed by atoms with Crippen molar-refractivity contribution >= 4 is 28.6 Å². The summed E-state index contributed by atoms with van der Waals surface area (Å²) in [6.07, 6.45) is 4.35. The van der Waals surface area contributed by atoms with Gasteiger partial charge in [-0.05, 0) is 31.5 Å². The van der Waals surface area contributed by atoms with Gasteiger partial charge >= 0.3 is 0 Å². The molecule has 0 spiro atoms. The predicted molar refractivity (Wildman–Crippen MR) is 108 cm³/mol. The fraction of sp³-hybridized carbons (Fsp3) is 0.300. The van der Waals surface area contributed by atoms with Crippen molar-refractivity contribution in [1.29, 1.82) is 0 Å². The molecule has 4 rings (SSSR count). The molecule has 1 N–H and O–H groups in total. The number of likely N-dealkylation sites (tertiary alicyclic amines) is 1. The van der Waals surface area contributed by atoms with E-state index < -0.39 is 0 Å². The second-order valence-corrected chi connectivity index (χ2v) is 8.64. The zero-order valence-corrected chi connectivity index (χ0v) is 16.3. The number of aromatic nitrogens is 1. The monoisotopic (exact) mass is 383 g/mol. The average molecular weight is 384 g/mol. The molecule has 134 valence electrons. The average Bonchev–Trinajstić information content (AvgIpc) is 3.42. The third-order valence-corrected chi connectivity index (χ3v) is 6.92. The van der Waals surface area contributed by atoms with Gasteiger partial charge in [0.15, 0.2) is 0 Å². The summed E-state index contributed by atoms with van der Waals surface area (Å²) in [5.74, 6) is 0.000701. The summed E-state index contributed by atoms with van der Waals surface area (Å²) in [5, 5.41) is 3.78. The Morgan fingerprint density at radius 2 is 2.08 bits per heavy atom. The second-order valence-electron chi connectivity index (χ2n) is 6.41. The molecular formula is C20H21N3OS2. The number of thiophene rings is 1. The van der Waals surface area contributed by atoms with Crippen molar-refractivity contribution in [2.75, 3.05) is 13.6 Å². The molecule has 1 fully saturated rings. The van der Waals surface area contributed by atoms with Gasteiger partial charge in [-0.1, -0.05) is 30.3 Å². The molecule has 1 aliphatic heterocycles. The van der Waals surface area contributed by atoms with Crippen LogP contribution in [0.25, 0.3) is 10.6 Å². The maximum absolute atomic E-state index is 11.8. The van der Waals surface area contributed by atoms with Gasteiger partial charge in [0.1, 0.15) is 5.01 Å². The van der Waals surface area contributed by atoms with E-state index in [1.54, 1.807) is 29.7 Å². The van der Waals surface area contributed by atoms with Crippen molar-refractivity contribution in [1.82, 2.24) is 15.2 Å². The molecule has 0 radical (unpaired) electrons. The zero-order valence-electron chi connectivity index (χ0n) is 14.6. The minimum atomic E-state index is 0.000701. The summed E-state index contributed by atoms with van der Waals surface area (Å²) in [6, 6.07) is 14.8. The van der Waals surface area contributed by atoms with E-state index in [9.17, 15) is 4.79 Å². The molecule has 3 aromatic rings. The van der Waals surface area contributed by atoms with Crippen LogP contribution in [0.4, 0.5) is 0 Å². The standard InChI is InChI=1S/C20H21N3OS2/c1-21-19(24)18-10-9-17(26-18)16-8-5-11-23(16)13-15-12-22-20(25-15)14-6-3-2-4-7-14/h2-4,6-7,9-10,12,16H,5,8,11,13H2,1H3,(H,21,24)/t16-/m1/s1. The molecule has 2 aromatic heterocycles. The number of nitrogens with one attached hydrogen (secondary N) is 1. The van der Waals surface area contributed by atoms with Crippen LogP contribution in [0.15, 0.2) is 48.7 Å². The SMILES string of the molecule is CNC(=O)c1ccc([C@H]2CCCN2Cc2cnc(-c3ccccc3)s2)s1. The Morgan fingerprint density at radius 1 is 1.23 bits per heavy atom. The molecule has 0 saturated carbocycles. The Labute approximate surface area is 161 Å². The Hall–Kier alpha value is -2.02.